The van der Waals surface area contributed by atoms with E-state index < -0.39 is 58.2 Å². The number of halogens is 11. The monoisotopic (exact) mass is 688 g/mol. The fourth-order valence-electron chi connectivity index (χ4n) is 4.03. The molecule has 1 heterocycles. The van der Waals surface area contributed by atoms with Crippen molar-refractivity contribution in [3.05, 3.63) is 82.5 Å². The first kappa shape index (κ1) is 33.8. The summed E-state index contributed by atoms with van der Waals surface area (Å²) in [5.74, 6) is -2.67. The van der Waals surface area contributed by atoms with Gasteiger partial charge >= 0.3 is 30.2 Å². The second-order valence-electron chi connectivity index (χ2n) is 9.02. The minimum atomic E-state index is -6.36. The lowest BCUT2D eigenvalue weighted by Gasteiger charge is -2.30. The number of carboxylic acids is 1. The topological polar surface area (TPSA) is 71.5 Å². The van der Waals surface area contributed by atoms with E-state index in [4.69, 9.17) is 9.84 Å². The molecule has 45 heavy (non-hydrogen) atoms. The molecular weight excluding hydrogens is 673 g/mol. The molecule has 0 atom stereocenters. The summed E-state index contributed by atoms with van der Waals surface area (Å²) in [6.45, 7) is 0. The van der Waals surface area contributed by atoms with Crippen LogP contribution in [-0.2, 0) is 11.8 Å². The minimum absolute atomic E-state index is 0.00127. The third kappa shape index (κ3) is 6.66. The van der Waals surface area contributed by atoms with Crippen LogP contribution in [0, 0.1) is 5.82 Å². The number of hydrogen-bond donors (Lipinski definition) is 2. The highest BCUT2D eigenvalue weighted by Crippen LogP contribution is 2.53. The van der Waals surface area contributed by atoms with Crippen LogP contribution in [0.4, 0.5) is 54.0 Å². The molecule has 0 amide bonds. The third-order valence-electron chi connectivity index (χ3n) is 6.22. The third-order valence-corrected chi connectivity index (χ3v) is 7.99. The summed E-state index contributed by atoms with van der Waals surface area (Å²) in [6.07, 6.45) is -17.7. The molecule has 0 aliphatic heterocycles. The zero-order valence-corrected chi connectivity index (χ0v) is 23.6. The summed E-state index contributed by atoms with van der Waals surface area (Å²) in [7, 11) is 1.20. The van der Waals surface area contributed by atoms with Gasteiger partial charge in [-0.25, -0.2) is 18.6 Å². The summed E-state index contributed by atoms with van der Waals surface area (Å²) >= 11 is 1.53. The van der Waals surface area contributed by atoms with Crippen molar-refractivity contribution in [2.45, 2.75) is 29.2 Å². The molecular formula is C27H15F11N2O3S2. The highest BCUT2D eigenvalue weighted by Gasteiger charge is 2.73. The quantitative estimate of drug-likeness (QED) is 0.142. The number of carbonyl (C=O) groups is 1. The molecule has 0 fully saturated rings. The first-order valence-corrected chi connectivity index (χ1v) is 13.6. The van der Waals surface area contributed by atoms with Crippen molar-refractivity contribution >= 4 is 34.9 Å². The zero-order valence-electron chi connectivity index (χ0n) is 22.0. The molecule has 1 aromatic heterocycles. The number of rotatable bonds is 8. The van der Waals surface area contributed by atoms with Gasteiger partial charge in [-0.05, 0) is 23.3 Å². The van der Waals surface area contributed by atoms with Gasteiger partial charge < -0.3 is 14.6 Å². The fourth-order valence-corrected chi connectivity index (χ4v) is 5.65. The number of nitrogens with zero attached hydrogens (tertiary/aromatic N) is 1. The minimum Gasteiger partial charge on any atom is -0.495 e. The van der Waals surface area contributed by atoms with E-state index in [0.717, 1.165) is 47.6 Å². The van der Waals surface area contributed by atoms with Crippen molar-refractivity contribution in [1.82, 2.24) is 4.98 Å². The lowest BCUT2D eigenvalue weighted by molar-refractivity contribution is -0.348. The Bertz CT molecular complexity index is 1700. The van der Waals surface area contributed by atoms with Gasteiger partial charge in [-0.3, -0.25) is 0 Å². The van der Waals surface area contributed by atoms with E-state index in [9.17, 15) is 53.1 Å². The van der Waals surface area contributed by atoms with Crippen LogP contribution in [0.1, 0.15) is 21.5 Å². The van der Waals surface area contributed by atoms with Crippen LogP contribution in [0.25, 0.3) is 21.7 Å². The van der Waals surface area contributed by atoms with Crippen molar-refractivity contribution in [2.75, 3.05) is 11.8 Å². The van der Waals surface area contributed by atoms with Crippen LogP contribution in [-0.4, -0.2) is 35.5 Å². The van der Waals surface area contributed by atoms with Gasteiger partial charge in [0.05, 0.1) is 23.9 Å². The first-order valence-electron chi connectivity index (χ1n) is 11.9. The molecule has 0 radical (unpaired) electrons. The molecule has 3 aromatic carbocycles. The maximum absolute atomic E-state index is 14.3. The van der Waals surface area contributed by atoms with Crippen LogP contribution >= 0.6 is 23.3 Å². The number of carboxylic acid groups (broad SMARTS) is 1. The lowest BCUT2D eigenvalue weighted by atomic mass is 9.91. The van der Waals surface area contributed by atoms with Crippen LogP contribution in [0.15, 0.2) is 65.0 Å². The summed E-state index contributed by atoms with van der Waals surface area (Å²) in [5, 5.41) is 10.4. The second-order valence-corrected chi connectivity index (χ2v) is 10.7. The molecule has 0 unspecified atom stereocenters. The van der Waals surface area contributed by atoms with E-state index in [2.05, 4.69) is 9.71 Å². The average molecular weight is 689 g/mol. The number of anilines is 1. The van der Waals surface area contributed by atoms with Crippen molar-refractivity contribution in [3.8, 4) is 27.4 Å². The summed E-state index contributed by atoms with van der Waals surface area (Å²) in [4.78, 5) is 15.3. The van der Waals surface area contributed by atoms with E-state index in [-0.39, 0.29) is 44.7 Å². The molecule has 4 rings (SSSR count). The van der Waals surface area contributed by atoms with Crippen molar-refractivity contribution in [3.63, 3.8) is 0 Å². The van der Waals surface area contributed by atoms with E-state index in [1.807, 2.05) is 0 Å². The van der Waals surface area contributed by atoms with E-state index in [0.29, 0.717) is 18.2 Å². The number of methoxy groups -OCH3 is 1. The molecule has 0 aliphatic rings. The normalized spacial score (nSPS) is 12.7. The Labute approximate surface area is 253 Å². The number of ether oxygens (including phenoxy) is 1. The zero-order chi connectivity index (χ0) is 33.5. The molecule has 240 valence electrons. The molecule has 5 nitrogen and oxygen atoms in total. The number of thiazole rings is 1. The maximum atomic E-state index is 14.3. The summed E-state index contributed by atoms with van der Waals surface area (Å²) in [6, 6.07) is 6.19. The van der Waals surface area contributed by atoms with Crippen molar-refractivity contribution in [2.24, 2.45) is 0 Å². The predicted molar refractivity (Wildman–Crippen MR) is 142 cm³/mol. The highest BCUT2D eigenvalue weighted by molar-refractivity contribution is 8.00. The molecule has 0 bridgehead atoms. The fraction of sp³-hybridized carbons (Fsp3) is 0.185. The summed E-state index contributed by atoms with van der Waals surface area (Å²) in [5.41, 5.74) is -10.3. The number of aromatic nitrogens is 1. The van der Waals surface area contributed by atoms with E-state index in [1.54, 1.807) is 0 Å². The molecule has 4 aromatic rings. The average Bonchev–Trinajstić information content (AvgIpc) is 3.42. The number of alkyl halides is 10. The largest absolute Gasteiger partial charge is 0.495 e. The van der Waals surface area contributed by atoms with Gasteiger partial charge in [0.1, 0.15) is 21.6 Å². The maximum Gasteiger partial charge on any atom is 0.435 e. The number of hydrogen-bond acceptors (Lipinski definition) is 6. The van der Waals surface area contributed by atoms with Gasteiger partial charge in [0, 0.05) is 34.5 Å². The van der Waals surface area contributed by atoms with E-state index in [1.165, 1.54) is 12.5 Å². The molecule has 2 N–H and O–H groups in total. The van der Waals surface area contributed by atoms with Gasteiger partial charge in [-0.15, -0.1) is 11.3 Å². The Morgan fingerprint density at radius 1 is 0.889 bits per heavy atom. The molecule has 0 saturated carbocycles. The lowest BCUT2D eigenvalue weighted by Crippen LogP contribution is -2.50. The Kier molecular flexibility index (Phi) is 9.05. The van der Waals surface area contributed by atoms with Crippen LogP contribution in [0.5, 0.6) is 5.75 Å². The number of aromatic carboxylic acids is 1. The Balaban J connectivity index is 1.63. The number of nitrogens with one attached hydrogen (secondary N) is 1. The van der Waals surface area contributed by atoms with Crippen molar-refractivity contribution < 1.29 is 62.9 Å². The molecule has 0 aliphatic carbocycles. The predicted octanol–water partition coefficient (Wildman–Crippen LogP) is 9.75. The van der Waals surface area contributed by atoms with Crippen LogP contribution in [0.2, 0.25) is 0 Å². The number of benzene rings is 3. The van der Waals surface area contributed by atoms with Gasteiger partial charge in [0.15, 0.2) is 0 Å². The van der Waals surface area contributed by atoms with Crippen LogP contribution in [0.3, 0.4) is 0 Å². The van der Waals surface area contributed by atoms with E-state index >= 15 is 0 Å². The Morgan fingerprint density at radius 2 is 1.49 bits per heavy atom. The van der Waals surface area contributed by atoms with Gasteiger partial charge in [-0.1, -0.05) is 36.4 Å². The first-order chi connectivity index (χ1) is 20.8. The molecule has 18 heteroatoms. The second kappa shape index (κ2) is 12.0. The standard InChI is InChI=1S/C27H15F11N2O3S2/c1-43-20-9-16(23(41)42)18(28)10-19(20)40-45-21-11-44-22(39-21)15-7-4-13(8-17(15)25(30,31)32)12-2-5-14(6-3-12)24(29,26(33,34)35)27(36,37)38/h2-11,40H,1H3,(H,41,42). The Hall–Kier alpha value is -4.06. The van der Waals surface area contributed by atoms with Gasteiger partial charge in [0.2, 0.25) is 0 Å². The van der Waals surface area contributed by atoms with Gasteiger partial charge in [0.25, 0.3) is 0 Å². The molecule has 0 saturated heterocycles. The van der Waals surface area contributed by atoms with Gasteiger partial charge in [-0.2, -0.15) is 39.5 Å². The van der Waals surface area contributed by atoms with Crippen LogP contribution < -0.4 is 9.46 Å². The Morgan fingerprint density at radius 3 is 2.02 bits per heavy atom. The SMILES string of the molecule is COc1cc(C(=O)O)c(F)cc1NSc1csc(-c2ccc(-c3ccc(C(F)(C(F)(F)F)C(F)(F)F)cc3)cc2C(F)(F)F)n1. The molecule has 0 spiro atoms. The summed E-state index contributed by atoms with van der Waals surface area (Å²) < 4.78 is 157. The smallest absolute Gasteiger partial charge is 0.435 e. The van der Waals surface area contributed by atoms with Crippen molar-refractivity contribution in [1.29, 1.82) is 0 Å². The highest BCUT2D eigenvalue weighted by atomic mass is 32.2.